The van der Waals surface area contributed by atoms with Gasteiger partial charge in [-0.15, -0.1) is 6.58 Å². The largest absolute Gasteiger partial charge is 0.377 e. The Balaban J connectivity index is 1.57. The van der Waals surface area contributed by atoms with Crippen LogP contribution in [-0.2, 0) is 11.3 Å². The monoisotopic (exact) mass is 298 g/mol. The molecule has 0 heterocycles. The van der Waals surface area contributed by atoms with Crippen molar-refractivity contribution in [2.24, 2.45) is 11.8 Å². The molecule has 1 aromatic rings. The predicted octanol–water partition coefficient (Wildman–Crippen LogP) is 5.92. The molecule has 22 heavy (non-hydrogen) atoms. The zero-order chi connectivity index (χ0) is 15.5. The molecule has 0 amide bonds. The van der Waals surface area contributed by atoms with Gasteiger partial charge in [0.1, 0.15) is 0 Å². The van der Waals surface area contributed by atoms with Crippen molar-refractivity contribution in [2.45, 2.75) is 51.6 Å². The topological polar surface area (TPSA) is 9.23 Å². The quantitative estimate of drug-likeness (QED) is 0.406. The van der Waals surface area contributed by atoms with Crippen molar-refractivity contribution in [3.63, 3.8) is 0 Å². The molecule has 0 radical (unpaired) electrons. The van der Waals surface area contributed by atoms with Gasteiger partial charge in [-0.3, -0.25) is 0 Å². The number of rotatable bonds is 9. The van der Waals surface area contributed by atoms with Gasteiger partial charge < -0.3 is 4.74 Å². The average Bonchev–Trinajstić information content (AvgIpc) is 2.59. The molecule has 1 saturated carbocycles. The van der Waals surface area contributed by atoms with Crippen LogP contribution in [0.5, 0.6) is 0 Å². The van der Waals surface area contributed by atoms with Crippen LogP contribution in [0.15, 0.2) is 55.1 Å². The van der Waals surface area contributed by atoms with Crippen LogP contribution in [0.3, 0.4) is 0 Å². The summed E-state index contributed by atoms with van der Waals surface area (Å²) in [6.07, 6.45) is 16.0. The zero-order valence-corrected chi connectivity index (χ0v) is 13.8. The van der Waals surface area contributed by atoms with Crippen molar-refractivity contribution >= 4 is 0 Å². The van der Waals surface area contributed by atoms with E-state index in [1.165, 1.54) is 37.7 Å². The minimum atomic E-state index is 0.575. The van der Waals surface area contributed by atoms with E-state index < -0.39 is 0 Å². The summed E-state index contributed by atoms with van der Waals surface area (Å²) in [7, 11) is 0. The van der Waals surface area contributed by atoms with Gasteiger partial charge in [0.05, 0.1) is 6.61 Å². The first-order valence-electron chi connectivity index (χ1n) is 8.81. The highest BCUT2D eigenvalue weighted by Gasteiger charge is 2.18. The summed E-state index contributed by atoms with van der Waals surface area (Å²) in [6, 6.07) is 10.4. The summed E-state index contributed by atoms with van der Waals surface area (Å²) in [5.41, 5.74) is 1.25. The average molecular weight is 298 g/mol. The predicted molar refractivity (Wildman–Crippen MR) is 94.7 cm³/mol. The van der Waals surface area contributed by atoms with Gasteiger partial charge in [0, 0.05) is 6.61 Å². The maximum atomic E-state index is 5.72. The van der Waals surface area contributed by atoms with Crippen molar-refractivity contribution in [1.29, 1.82) is 0 Å². The van der Waals surface area contributed by atoms with Crippen LogP contribution in [0.1, 0.15) is 50.5 Å². The molecule has 1 nitrogen and oxygen atoms in total. The first kappa shape index (κ1) is 17.0. The first-order chi connectivity index (χ1) is 10.9. The lowest BCUT2D eigenvalue weighted by Crippen LogP contribution is -2.14. The van der Waals surface area contributed by atoms with Crippen molar-refractivity contribution in [3.05, 3.63) is 60.7 Å². The minimum Gasteiger partial charge on any atom is -0.377 e. The highest BCUT2D eigenvalue weighted by molar-refractivity contribution is 5.13. The number of hydrogen-bond donors (Lipinski definition) is 0. The van der Waals surface area contributed by atoms with E-state index in [0.29, 0.717) is 5.92 Å². The van der Waals surface area contributed by atoms with Gasteiger partial charge in [-0.25, -0.2) is 0 Å². The standard InChI is InChI=1S/C21H30O/c1-2-20(21-15-8-4-9-16-21)14-10-5-11-17-22-18-19-12-6-3-7-13-19/h2-3,6-7,10,12-14,20-21H,1,4-5,8-9,11,15-18H2/b14-10+/t20-/m0/s1. The Morgan fingerprint density at radius 3 is 2.64 bits per heavy atom. The molecule has 1 atom stereocenters. The molecule has 1 aliphatic carbocycles. The Hall–Kier alpha value is -1.34. The van der Waals surface area contributed by atoms with Crippen LogP contribution in [-0.4, -0.2) is 6.61 Å². The second kappa shape index (κ2) is 10.4. The number of ether oxygens (including phenoxy) is 1. The van der Waals surface area contributed by atoms with E-state index in [-0.39, 0.29) is 0 Å². The molecular formula is C21H30O. The zero-order valence-electron chi connectivity index (χ0n) is 13.8. The van der Waals surface area contributed by atoms with E-state index in [0.717, 1.165) is 32.0 Å². The Morgan fingerprint density at radius 1 is 1.14 bits per heavy atom. The van der Waals surface area contributed by atoms with Crippen LogP contribution in [0, 0.1) is 11.8 Å². The van der Waals surface area contributed by atoms with E-state index >= 15 is 0 Å². The summed E-state index contributed by atoms with van der Waals surface area (Å²) in [5.74, 6) is 1.40. The highest BCUT2D eigenvalue weighted by Crippen LogP contribution is 2.31. The number of unbranched alkanes of at least 4 members (excludes halogenated alkanes) is 1. The molecule has 0 unspecified atom stereocenters. The Kier molecular flexibility index (Phi) is 8.04. The minimum absolute atomic E-state index is 0.575. The van der Waals surface area contributed by atoms with Gasteiger partial charge in [0.25, 0.3) is 0 Å². The van der Waals surface area contributed by atoms with Crippen LogP contribution in [0.2, 0.25) is 0 Å². The van der Waals surface area contributed by atoms with Crippen LogP contribution >= 0.6 is 0 Å². The van der Waals surface area contributed by atoms with E-state index in [9.17, 15) is 0 Å². The van der Waals surface area contributed by atoms with Gasteiger partial charge >= 0.3 is 0 Å². The molecule has 0 spiro atoms. The van der Waals surface area contributed by atoms with Crippen LogP contribution in [0.4, 0.5) is 0 Å². The number of hydrogen-bond acceptors (Lipinski definition) is 1. The summed E-state index contributed by atoms with van der Waals surface area (Å²) in [6.45, 7) is 5.58. The molecule has 1 heteroatoms. The van der Waals surface area contributed by atoms with E-state index in [1.54, 1.807) is 0 Å². The third-order valence-corrected chi connectivity index (χ3v) is 4.60. The second-order valence-electron chi connectivity index (χ2n) is 6.32. The van der Waals surface area contributed by atoms with Gasteiger partial charge in [-0.05, 0) is 43.1 Å². The fourth-order valence-corrected chi connectivity index (χ4v) is 3.27. The first-order valence-corrected chi connectivity index (χ1v) is 8.81. The maximum absolute atomic E-state index is 5.72. The SMILES string of the molecule is C=C[C@@H](/C=C/CCCOCc1ccccc1)C1CCCCC1. The lowest BCUT2D eigenvalue weighted by Gasteiger charge is -2.26. The smallest absolute Gasteiger partial charge is 0.0716 e. The molecule has 120 valence electrons. The Morgan fingerprint density at radius 2 is 1.91 bits per heavy atom. The van der Waals surface area contributed by atoms with E-state index in [4.69, 9.17) is 4.74 Å². The molecule has 2 rings (SSSR count). The van der Waals surface area contributed by atoms with Gasteiger partial charge in [-0.2, -0.15) is 0 Å². The van der Waals surface area contributed by atoms with Crippen LogP contribution < -0.4 is 0 Å². The summed E-state index contributed by atoms with van der Waals surface area (Å²) in [5, 5.41) is 0. The fraction of sp³-hybridized carbons (Fsp3) is 0.524. The van der Waals surface area contributed by atoms with Crippen molar-refractivity contribution < 1.29 is 4.74 Å². The molecule has 0 saturated heterocycles. The lowest BCUT2D eigenvalue weighted by atomic mass is 9.80. The van der Waals surface area contributed by atoms with Crippen molar-refractivity contribution in [3.8, 4) is 0 Å². The number of allylic oxidation sites excluding steroid dienone is 3. The van der Waals surface area contributed by atoms with Crippen LogP contribution in [0.25, 0.3) is 0 Å². The lowest BCUT2D eigenvalue weighted by molar-refractivity contribution is 0.119. The molecular weight excluding hydrogens is 268 g/mol. The fourth-order valence-electron chi connectivity index (χ4n) is 3.27. The highest BCUT2D eigenvalue weighted by atomic mass is 16.5. The molecule has 0 aromatic heterocycles. The molecule has 0 bridgehead atoms. The third kappa shape index (κ3) is 6.19. The van der Waals surface area contributed by atoms with Crippen molar-refractivity contribution in [1.82, 2.24) is 0 Å². The van der Waals surface area contributed by atoms with Gasteiger partial charge in [0.2, 0.25) is 0 Å². The Labute approximate surface area is 136 Å². The maximum Gasteiger partial charge on any atom is 0.0716 e. The molecule has 0 aliphatic heterocycles. The van der Waals surface area contributed by atoms with Gasteiger partial charge in [0.15, 0.2) is 0 Å². The second-order valence-corrected chi connectivity index (χ2v) is 6.32. The Bertz CT molecular complexity index is 428. The summed E-state index contributed by atoms with van der Waals surface area (Å²) >= 11 is 0. The van der Waals surface area contributed by atoms with Crippen molar-refractivity contribution in [2.75, 3.05) is 6.61 Å². The van der Waals surface area contributed by atoms with Gasteiger partial charge in [-0.1, -0.05) is 67.8 Å². The molecule has 1 fully saturated rings. The number of benzene rings is 1. The van der Waals surface area contributed by atoms with E-state index in [2.05, 4.69) is 49.1 Å². The normalized spacial score (nSPS) is 17.6. The summed E-state index contributed by atoms with van der Waals surface area (Å²) in [4.78, 5) is 0. The van der Waals surface area contributed by atoms with E-state index in [1.807, 2.05) is 6.07 Å². The molecule has 1 aliphatic rings. The molecule has 1 aromatic carbocycles. The molecule has 0 N–H and O–H groups in total. The summed E-state index contributed by atoms with van der Waals surface area (Å²) < 4.78 is 5.72. The third-order valence-electron chi connectivity index (χ3n) is 4.60.